The summed E-state index contributed by atoms with van der Waals surface area (Å²) in [5, 5.41) is 2.79. The molecule has 0 aliphatic carbocycles. The first-order valence-corrected chi connectivity index (χ1v) is 9.91. The Bertz CT molecular complexity index is 928. The average molecular weight is 377 g/mol. The molecule has 1 aliphatic heterocycles. The largest absolute Gasteiger partial charge is 0.495 e. The first-order valence-electron chi connectivity index (χ1n) is 8.47. The Morgan fingerprint density at radius 3 is 2.50 bits per heavy atom. The van der Waals surface area contributed by atoms with Gasteiger partial charge in [-0.3, -0.25) is 4.79 Å². The van der Waals surface area contributed by atoms with Crippen LogP contribution in [0.4, 0.5) is 5.69 Å². The summed E-state index contributed by atoms with van der Waals surface area (Å²) in [6.07, 6.45) is 1.73. The second-order valence-electron chi connectivity index (χ2n) is 6.30. The lowest BCUT2D eigenvalue weighted by atomic mass is 10.3. The fourth-order valence-corrected chi connectivity index (χ4v) is 4.94. The van der Waals surface area contributed by atoms with Crippen molar-refractivity contribution in [3.05, 3.63) is 41.7 Å². The molecule has 0 saturated carbocycles. The van der Waals surface area contributed by atoms with Gasteiger partial charge < -0.3 is 14.6 Å². The second-order valence-corrected chi connectivity index (χ2v) is 8.21. The molecule has 0 unspecified atom stereocenters. The Kier molecular flexibility index (Phi) is 5.06. The zero-order chi connectivity index (χ0) is 18.9. The van der Waals surface area contributed by atoms with E-state index in [1.54, 1.807) is 36.7 Å². The smallest absolute Gasteiger partial charge is 0.272 e. The number of para-hydroxylation sites is 2. The molecular formula is C18H23N3O4S. The van der Waals surface area contributed by atoms with Gasteiger partial charge in [0.1, 0.15) is 16.3 Å². The van der Waals surface area contributed by atoms with Crippen molar-refractivity contribution in [2.45, 2.75) is 24.7 Å². The molecule has 2 heterocycles. The minimum atomic E-state index is -3.58. The molecule has 1 amide bonds. The van der Waals surface area contributed by atoms with Gasteiger partial charge in [-0.2, -0.15) is 4.31 Å². The highest BCUT2D eigenvalue weighted by atomic mass is 32.2. The summed E-state index contributed by atoms with van der Waals surface area (Å²) < 4.78 is 34.1. The number of sulfonamides is 1. The van der Waals surface area contributed by atoms with Crippen LogP contribution in [-0.2, 0) is 17.1 Å². The van der Waals surface area contributed by atoms with Gasteiger partial charge in [-0.1, -0.05) is 12.1 Å². The van der Waals surface area contributed by atoms with E-state index in [1.807, 2.05) is 6.07 Å². The summed E-state index contributed by atoms with van der Waals surface area (Å²) in [6, 6.07) is 8.52. The van der Waals surface area contributed by atoms with Crippen LogP contribution >= 0.6 is 0 Å². The summed E-state index contributed by atoms with van der Waals surface area (Å²) in [5.41, 5.74) is 1.36. The van der Waals surface area contributed by atoms with Crippen molar-refractivity contribution in [2.24, 2.45) is 7.05 Å². The summed E-state index contributed by atoms with van der Waals surface area (Å²) in [4.78, 5) is 12.9. The van der Waals surface area contributed by atoms with Gasteiger partial charge in [0, 0.05) is 25.8 Å². The zero-order valence-electron chi connectivity index (χ0n) is 15.2. The summed E-state index contributed by atoms with van der Waals surface area (Å²) in [5.74, 6) is 0.152. The van der Waals surface area contributed by atoms with Crippen LogP contribution in [0.2, 0.25) is 0 Å². The van der Waals surface area contributed by atoms with E-state index >= 15 is 0 Å². The number of hydrogen-bond donors (Lipinski definition) is 1. The third kappa shape index (κ3) is 3.22. The number of carbonyl (C=O) groups is 1. The molecule has 0 bridgehead atoms. The Morgan fingerprint density at radius 1 is 1.19 bits per heavy atom. The first-order chi connectivity index (χ1) is 12.4. The first kappa shape index (κ1) is 18.5. The lowest BCUT2D eigenvalue weighted by Crippen LogP contribution is -2.28. The third-order valence-corrected chi connectivity index (χ3v) is 6.77. The SMILES string of the molecule is COc1ccccc1NC(=O)c1cc(S(=O)(=O)N2CCCC2)c(C)n1C. The standard InChI is InChI=1S/C18H23N3O4S/c1-13-17(26(23,24)21-10-6-7-11-21)12-15(20(13)2)18(22)19-14-8-4-5-9-16(14)25-3/h4-5,8-9,12H,6-7,10-11H2,1-3H3,(H,19,22). The van der Waals surface area contributed by atoms with Gasteiger partial charge in [0.2, 0.25) is 10.0 Å². The fourth-order valence-electron chi connectivity index (χ4n) is 3.15. The van der Waals surface area contributed by atoms with E-state index in [9.17, 15) is 13.2 Å². The summed E-state index contributed by atoms with van der Waals surface area (Å²) in [6.45, 7) is 2.77. The highest BCUT2D eigenvalue weighted by Gasteiger charge is 2.31. The number of rotatable bonds is 5. The Labute approximate surface area is 153 Å². The van der Waals surface area contributed by atoms with E-state index < -0.39 is 10.0 Å². The van der Waals surface area contributed by atoms with Gasteiger partial charge in [0.15, 0.2) is 0 Å². The lowest BCUT2D eigenvalue weighted by molar-refractivity contribution is 0.101. The molecule has 2 aromatic rings. The Balaban J connectivity index is 1.93. The van der Waals surface area contributed by atoms with Crippen molar-refractivity contribution in [1.82, 2.24) is 8.87 Å². The predicted octanol–water partition coefficient (Wildman–Crippen LogP) is 2.38. The Hall–Kier alpha value is -2.32. The molecule has 26 heavy (non-hydrogen) atoms. The zero-order valence-corrected chi connectivity index (χ0v) is 16.0. The molecule has 0 atom stereocenters. The average Bonchev–Trinajstić information content (AvgIpc) is 3.26. The highest BCUT2D eigenvalue weighted by molar-refractivity contribution is 7.89. The van der Waals surface area contributed by atoms with Crippen LogP contribution in [0.3, 0.4) is 0 Å². The molecule has 1 aromatic heterocycles. The summed E-state index contributed by atoms with van der Waals surface area (Å²) in [7, 11) is -0.366. The molecule has 140 valence electrons. The number of methoxy groups -OCH3 is 1. The molecular weight excluding hydrogens is 354 g/mol. The number of carbonyl (C=O) groups excluding carboxylic acids is 1. The van der Waals surface area contributed by atoms with Crippen LogP contribution in [-0.4, -0.2) is 43.4 Å². The van der Waals surface area contributed by atoms with E-state index in [0.717, 1.165) is 12.8 Å². The molecule has 0 spiro atoms. The van der Waals surface area contributed by atoms with Crippen LogP contribution in [0, 0.1) is 6.92 Å². The number of hydrogen-bond acceptors (Lipinski definition) is 4. The number of amides is 1. The minimum Gasteiger partial charge on any atom is -0.495 e. The number of anilines is 1. The predicted molar refractivity (Wildman–Crippen MR) is 99.1 cm³/mol. The number of benzene rings is 1. The number of nitrogens with one attached hydrogen (secondary N) is 1. The molecule has 1 aliphatic rings. The van der Waals surface area contributed by atoms with Gasteiger partial charge in [-0.25, -0.2) is 8.42 Å². The van der Waals surface area contributed by atoms with Crippen LogP contribution < -0.4 is 10.1 Å². The van der Waals surface area contributed by atoms with Gasteiger partial charge in [-0.15, -0.1) is 0 Å². The number of ether oxygens (including phenoxy) is 1. The van der Waals surface area contributed by atoms with Gasteiger partial charge in [0.05, 0.1) is 12.8 Å². The van der Waals surface area contributed by atoms with Gasteiger partial charge >= 0.3 is 0 Å². The molecule has 3 rings (SSSR count). The normalized spacial score (nSPS) is 15.2. The van der Waals surface area contributed by atoms with Gasteiger partial charge in [-0.05, 0) is 38.0 Å². The minimum absolute atomic E-state index is 0.187. The summed E-state index contributed by atoms with van der Waals surface area (Å²) >= 11 is 0. The maximum Gasteiger partial charge on any atom is 0.272 e. The lowest BCUT2D eigenvalue weighted by Gasteiger charge is -2.15. The quantitative estimate of drug-likeness (QED) is 0.867. The van der Waals surface area contributed by atoms with Gasteiger partial charge in [0.25, 0.3) is 5.91 Å². The van der Waals surface area contributed by atoms with Crippen molar-refractivity contribution in [2.75, 3.05) is 25.5 Å². The van der Waals surface area contributed by atoms with E-state index in [4.69, 9.17) is 4.74 Å². The van der Waals surface area contributed by atoms with E-state index in [0.29, 0.717) is 30.2 Å². The van der Waals surface area contributed by atoms with Crippen molar-refractivity contribution < 1.29 is 17.9 Å². The van der Waals surface area contributed by atoms with Crippen LogP contribution in [0.15, 0.2) is 35.2 Å². The fraction of sp³-hybridized carbons (Fsp3) is 0.389. The molecule has 1 N–H and O–H groups in total. The topological polar surface area (TPSA) is 80.6 Å². The second kappa shape index (κ2) is 7.13. The monoisotopic (exact) mass is 377 g/mol. The molecule has 1 aromatic carbocycles. The van der Waals surface area contributed by atoms with Crippen molar-refractivity contribution in [3.8, 4) is 5.75 Å². The Morgan fingerprint density at radius 2 is 1.85 bits per heavy atom. The van der Waals surface area contributed by atoms with E-state index in [-0.39, 0.29) is 16.5 Å². The number of nitrogens with zero attached hydrogens (tertiary/aromatic N) is 2. The van der Waals surface area contributed by atoms with Crippen LogP contribution in [0.1, 0.15) is 29.0 Å². The molecule has 1 fully saturated rings. The molecule has 8 heteroatoms. The molecule has 0 radical (unpaired) electrons. The van der Waals surface area contributed by atoms with Crippen LogP contribution in [0.25, 0.3) is 0 Å². The molecule has 1 saturated heterocycles. The molecule has 7 nitrogen and oxygen atoms in total. The maximum absolute atomic E-state index is 12.9. The highest BCUT2D eigenvalue weighted by Crippen LogP contribution is 2.28. The van der Waals surface area contributed by atoms with E-state index in [1.165, 1.54) is 17.5 Å². The van der Waals surface area contributed by atoms with E-state index in [2.05, 4.69) is 5.32 Å². The van der Waals surface area contributed by atoms with Crippen LogP contribution in [0.5, 0.6) is 5.75 Å². The van der Waals surface area contributed by atoms with Crippen molar-refractivity contribution in [3.63, 3.8) is 0 Å². The van der Waals surface area contributed by atoms with Crippen molar-refractivity contribution >= 4 is 21.6 Å². The third-order valence-electron chi connectivity index (χ3n) is 4.76. The van der Waals surface area contributed by atoms with Crippen molar-refractivity contribution in [1.29, 1.82) is 0 Å². The number of aromatic nitrogens is 1. The maximum atomic E-state index is 12.9.